The highest BCUT2D eigenvalue weighted by Crippen LogP contribution is 2.11. The second-order valence-corrected chi connectivity index (χ2v) is 4.09. The van der Waals surface area contributed by atoms with Crippen LogP contribution in [0.3, 0.4) is 0 Å². The van der Waals surface area contributed by atoms with Crippen molar-refractivity contribution in [3.8, 4) is 11.8 Å². The van der Waals surface area contributed by atoms with E-state index >= 15 is 0 Å². The molecule has 0 spiro atoms. The van der Waals surface area contributed by atoms with Gasteiger partial charge in [0, 0.05) is 5.92 Å². The second-order valence-electron chi connectivity index (χ2n) is 4.09. The van der Waals surface area contributed by atoms with Gasteiger partial charge in [0.25, 0.3) is 0 Å². The minimum atomic E-state index is -0.988. The van der Waals surface area contributed by atoms with E-state index in [1.807, 2.05) is 26.8 Å². The average Bonchev–Trinajstić information content (AvgIpc) is 2.10. The highest BCUT2D eigenvalue weighted by atomic mass is 16.3. The Balaban J connectivity index is 4.48. The van der Waals surface area contributed by atoms with Crippen molar-refractivity contribution in [2.75, 3.05) is 0 Å². The van der Waals surface area contributed by atoms with Gasteiger partial charge in [-0.05, 0) is 40.2 Å². The van der Waals surface area contributed by atoms with Crippen molar-refractivity contribution in [1.82, 2.24) is 0 Å². The lowest BCUT2D eigenvalue weighted by molar-refractivity contribution is 0.142. The van der Waals surface area contributed by atoms with E-state index in [4.69, 9.17) is 0 Å². The Morgan fingerprint density at radius 2 is 1.93 bits per heavy atom. The molecule has 0 bridgehead atoms. The summed E-state index contributed by atoms with van der Waals surface area (Å²) < 4.78 is 0. The number of allylic oxidation sites excluding steroid dienone is 1. The number of rotatable bonds is 2. The first-order valence-electron chi connectivity index (χ1n) is 4.84. The summed E-state index contributed by atoms with van der Waals surface area (Å²) in [6, 6.07) is 0. The van der Waals surface area contributed by atoms with Gasteiger partial charge in [-0.1, -0.05) is 17.9 Å². The molecule has 0 aromatic carbocycles. The third-order valence-electron chi connectivity index (χ3n) is 2.00. The van der Waals surface area contributed by atoms with Gasteiger partial charge in [-0.15, -0.1) is 0 Å². The Morgan fingerprint density at radius 3 is 2.29 bits per heavy atom. The van der Waals surface area contributed by atoms with E-state index in [9.17, 15) is 10.2 Å². The maximum absolute atomic E-state index is 9.73. The molecule has 0 aromatic rings. The zero-order valence-electron chi connectivity index (χ0n) is 9.63. The molecule has 2 heteroatoms. The third kappa shape index (κ3) is 5.06. The Morgan fingerprint density at radius 1 is 1.43 bits per heavy atom. The highest BCUT2D eigenvalue weighted by molar-refractivity contribution is 5.17. The van der Waals surface area contributed by atoms with E-state index < -0.39 is 11.7 Å². The van der Waals surface area contributed by atoms with Gasteiger partial charge >= 0.3 is 0 Å². The summed E-state index contributed by atoms with van der Waals surface area (Å²) in [7, 11) is 0. The van der Waals surface area contributed by atoms with Crippen LogP contribution >= 0.6 is 0 Å². The molecule has 80 valence electrons. The highest BCUT2D eigenvalue weighted by Gasteiger charge is 2.14. The zero-order chi connectivity index (χ0) is 11.4. The predicted molar refractivity (Wildman–Crippen MR) is 58.7 cm³/mol. The van der Waals surface area contributed by atoms with Crippen LogP contribution in [-0.2, 0) is 0 Å². The maximum atomic E-state index is 9.73. The lowest BCUT2D eigenvalue weighted by Crippen LogP contribution is -2.20. The Kier molecular flexibility index (Phi) is 4.90. The molecule has 0 saturated carbocycles. The van der Waals surface area contributed by atoms with Gasteiger partial charge in [0.2, 0.25) is 0 Å². The molecule has 0 aliphatic heterocycles. The first-order chi connectivity index (χ1) is 6.28. The Labute approximate surface area is 86.7 Å². The SMILES string of the molecule is C/C=C(\C)[C@H](O)[C@H](C)C#CC(C)(C)O. The van der Waals surface area contributed by atoms with Gasteiger partial charge in [-0.25, -0.2) is 0 Å². The molecule has 2 nitrogen and oxygen atoms in total. The van der Waals surface area contributed by atoms with Crippen molar-refractivity contribution < 1.29 is 10.2 Å². The van der Waals surface area contributed by atoms with Crippen molar-refractivity contribution in [1.29, 1.82) is 0 Å². The summed E-state index contributed by atoms with van der Waals surface area (Å²) in [5.41, 5.74) is -0.0831. The van der Waals surface area contributed by atoms with Crippen LogP contribution in [0.1, 0.15) is 34.6 Å². The molecular formula is C12H20O2. The first kappa shape index (κ1) is 13.2. The van der Waals surface area contributed by atoms with Crippen LogP contribution < -0.4 is 0 Å². The molecule has 14 heavy (non-hydrogen) atoms. The molecule has 0 rings (SSSR count). The smallest absolute Gasteiger partial charge is 0.119 e. The van der Waals surface area contributed by atoms with Crippen LogP contribution in [0.2, 0.25) is 0 Å². The molecule has 2 atom stereocenters. The molecule has 0 aromatic heterocycles. The summed E-state index contributed by atoms with van der Waals surface area (Å²) >= 11 is 0. The fourth-order valence-corrected chi connectivity index (χ4v) is 0.934. The first-order valence-corrected chi connectivity index (χ1v) is 4.84. The van der Waals surface area contributed by atoms with Crippen molar-refractivity contribution in [2.45, 2.75) is 46.3 Å². The summed E-state index contributed by atoms with van der Waals surface area (Å²) in [5, 5.41) is 19.1. The summed E-state index contributed by atoms with van der Waals surface area (Å²) in [6.45, 7) is 8.85. The van der Waals surface area contributed by atoms with Crippen LogP contribution in [0, 0.1) is 17.8 Å². The molecule has 0 fully saturated rings. The summed E-state index contributed by atoms with van der Waals surface area (Å²) in [5.74, 6) is 5.39. The van der Waals surface area contributed by atoms with Crippen LogP contribution in [0.4, 0.5) is 0 Å². The minimum absolute atomic E-state index is 0.155. The van der Waals surface area contributed by atoms with Crippen molar-refractivity contribution in [3.63, 3.8) is 0 Å². The quantitative estimate of drug-likeness (QED) is 0.521. The third-order valence-corrected chi connectivity index (χ3v) is 2.00. The van der Waals surface area contributed by atoms with Crippen LogP contribution in [0.15, 0.2) is 11.6 Å². The van der Waals surface area contributed by atoms with Gasteiger partial charge in [0.1, 0.15) is 5.60 Å². The van der Waals surface area contributed by atoms with Gasteiger partial charge in [-0.3, -0.25) is 0 Å². The number of aliphatic hydroxyl groups excluding tert-OH is 1. The van der Waals surface area contributed by atoms with E-state index in [-0.39, 0.29) is 5.92 Å². The average molecular weight is 196 g/mol. The molecule has 0 heterocycles. The summed E-state index contributed by atoms with van der Waals surface area (Å²) in [4.78, 5) is 0. The molecule has 0 aliphatic carbocycles. The van der Waals surface area contributed by atoms with E-state index in [1.54, 1.807) is 13.8 Å². The normalized spacial score (nSPS) is 16.9. The van der Waals surface area contributed by atoms with Gasteiger partial charge in [-0.2, -0.15) is 0 Å². The van der Waals surface area contributed by atoms with Crippen LogP contribution in [-0.4, -0.2) is 21.9 Å². The molecule has 0 aliphatic rings. The van der Waals surface area contributed by atoms with E-state index in [2.05, 4.69) is 11.8 Å². The maximum Gasteiger partial charge on any atom is 0.119 e. The molecule has 0 radical (unpaired) electrons. The van der Waals surface area contributed by atoms with Gasteiger partial charge in [0.15, 0.2) is 0 Å². The van der Waals surface area contributed by atoms with Gasteiger partial charge in [0.05, 0.1) is 6.10 Å². The number of hydrogen-bond acceptors (Lipinski definition) is 2. The van der Waals surface area contributed by atoms with Crippen molar-refractivity contribution in [2.24, 2.45) is 5.92 Å². The lowest BCUT2D eigenvalue weighted by atomic mass is 9.97. The zero-order valence-corrected chi connectivity index (χ0v) is 9.63. The Bertz CT molecular complexity index is 260. The molecule has 2 N–H and O–H groups in total. The van der Waals surface area contributed by atoms with E-state index in [1.165, 1.54) is 0 Å². The summed E-state index contributed by atoms with van der Waals surface area (Å²) in [6.07, 6.45) is 1.32. The predicted octanol–water partition coefficient (Wildman–Crippen LogP) is 1.72. The second kappa shape index (κ2) is 5.19. The monoisotopic (exact) mass is 196 g/mol. The standard InChI is InChI=1S/C12H20O2/c1-6-9(2)11(13)10(3)7-8-12(4,5)14/h6,10-11,13-14H,1-5H3/b9-6+/t10-,11+/m1/s1. The van der Waals surface area contributed by atoms with Gasteiger partial charge < -0.3 is 10.2 Å². The minimum Gasteiger partial charge on any atom is -0.387 e. The topological polar surface area (TPSA) is 40.5 Å². The fourth-order valence-electron chi connectivity index (χ4n) is 0.934. The van der Waals surface area contributed by atoms with Crippen LogP contribution in [0.5, 0.6) is 0 Å². The van der Waals surface area contributed by atoms with Crippen LogP contribution in [0.25, 0.3) is 0 Å². The number of hydrogen-bond donors (Lipinski definition) is 2. The molecule has 0 saturated heterocycles. The van der Waals surface area contributed by atoms with Crippen molar-refractivity contribution in [3.05, 3.63) is 11.6 Å². The molecule has 0 unspecified atom stereocenters. The molecular weight excluding hydrogens is 176 g/mol. The van der Waals surface area contributed by atoms with E-state index in [0.717, 1.165) is 5.57 Å². The fraction of sp³-hybridized carbons (Fsp3) is 0.667. The van der Waals surface area contributed by atoms with E-state index in [0.29, 0.717) is 0 Å². The number of aliphatic hydroxyl groups is 2. The largest absolute Gasteiger partial charge is 0.387 e. The Hall–Kier alpha value is -0.780. The molecule has 0 amide bonds. The lowest BCUT2D eigenvalue weighted by Gasteiger charge is -2.15. The van der Waals surface area contributed by atoms with Crippen molar-refractivity contribution >= 4 is 0 Å².